The topological polar surface area (TPSA) is 121 Å². The number of alkyl halides is 3. The molecule has 4 N–H and O–H groups in total. The van der Waals surface area contributed by atoms with Crippen LogP contribution in [0.4, 0.5) is 17.6 Å². The molecule has 14 heteroatoms. The van der Waals surface area contributed by atoms with E-state index in [9.17, 15) is 27.2 Å². The van der Waals surface area contributed by atoms with E-state index in [1.54, 1.807) is 27.6 Å². The summed E-state index contributed by atoms with van der Waals surface area (Å²) in [4.78, 5) is 38.2. The van der Waals surface area contributed by atoms with Gasteiger partial charge in [-0.2, -0.15) is 13.2 Å². The molecule has 2 aromatic heterocycles. The van der Waals surface area contributed by atoms with Gasteiger partial charge in [-0.25, -0.2) is 9.18 Å². The van der Waals surface area contributed by atoms with Crippen molar-refractivity contribution in [2.75, 3.05) is 19.6 Å². The molecule has 200 valence electrons. The third kappa shape index (κ3) is 6.62. The first-order valence-electron chi connectivity index (χ1n) is 11.0. The minimum absolute atomic E-state index is 0.0301. The van der Waals surface area contributed by atoms with E-state index in [0.717, 1.165) is 12.8 Å². The highest BCUT2D eigenvalue weighted by Crippen LogP contribution is 2.27. The highest BCUT2D eigenvalue weighted by Gasteiger charge is 2.38. The van der Waals surface area contributed by atoms with Gasteiger partial charge in [0.15, 0.2) is 0 Å². The molecule has 3 heterocycles. The third-order valence-corrected chi connectivity index (χ3v) is 6.57. The van der Waals surface area contributed by atoms with Crippen LogP contribution in [0.25, 0.3) is 5.52 Å². The van der Waals surface area contributed by atoms with Crippen molar-refractivity contribution >= 4 is 40.6 Å². The summed E-state index contributed by atoms with van der Waals surface area (Å²) in [7, 11) is 0. The molecule has 1 amide bonds. The van der Waals surface area contributed by atoms with Gasteiger partial charge in [-0.15, -0.1) is 0 Å². The van der Waals surface area contributed by atoms with Gasteiger partial charge in [-0.05, 0) is 49.1 Å². The van der Waals surface area contributed by atoms with Crippen LogP contribution in [0.1, 0.15) is 34.5 Å². The zero-order valence-electron chi connectivity index (χ0n) is 19.1. The fourth-order valence-electron chi connectivity index (χ4n) is 3.99. The van der Waals surface area contributed by atoms with E-state index in [1.807, 2.05) is 0 Å². The lowest BCUT2D eigenvalue weighted by Gasteiger charge is -2.32. The number of aromatic amines is 1. The molecule has 8 nitrogen and oxygen atoms in total. The number of carboxylic acids is 1. The molecule has 0 spiro atoms. The summed E-state index contributed by atoms with van der Waals surface area (Å²) in [6, 6.07) is 5.96. The molecule has 1 aliphatic heterocycles. The number of carbonyl (C=O) groups excluding carboxylic acids is 1. The van der Waals surface area contributed by atoms with Crippen molar-refractivity contribution in [3.63, 3.8) is 0 Å². The van der Waals surface area contributed by atoms with Gasteiger partial charge in [0.1, 0.15) is 16.5 Å². The van der Waals surface area contributed by atoms with E-state index in [-0.39, 0.29) is 33.1 Å². The molecule has 1 saturated heterocycles. The number of hydrogen-bond donors (Lipinski definition) is 3. The van der Waals surface area contributed by atoms with E-state index in [4.69, 9.17) is 38.8 Å². The second kappa shape index (κ2) is 11.5. The number of hydrogen-bond acceptors (Lipinski definition) is 4. The van der Waals surface area contributed by atoms with E-state index >= 15 is 0 Å². The van der Waals surface area contributed by atoms with Crippen LogP contribution in [0.3, 0.4) is 0 Å². The molecule has 1 fully saturated rings. The van der Waals surface area contributed by atoms with E-state index in [1.165, 1.54) is 12.1 Å². The number of nitrogens with two attached hydrogens (primary N) is 1. The summed E-state index contributed by atoms with van der Waals surface area (Å²) in [6.07, 6.45) is -1.38. The van der Waals surface area contributed by atoms with Gasteiger partial charge in [-0.1, -0.05) is 29.3 Å². The zero-order valence-corrected chi connectivity index (χ0v) is 20.6. The monoisotopic (exact) mass is 564 g/mol. The van der Waals surface area contributed by atoms with Crippen LogP contribution in [0.15, 0.2) is 35.3 Å². The molecule has 1 aliphatic rings. The predicted molar refractivity (Wildman–Crippen MR) is 129 cm³/mol. The number of H-pyrrole nitrogens is 1. The Balaban J connectivity index is 0.000000479. The molecule has 0 radical (unpaired) electrons. The summed E-state index contributed by atoms with van der Waals surface area (Å²) in [5.74, 6) is -3.41. The molecule has 1 unspecified atom stereocenters. The van der Waals surface area contributed by atoms with Crippen molar-refractivity contribution in [1.82, 2.24) is 14.3 Å². The minimum atomic E-state index is -5.08. The Bertz CT molecular complexity index is 1370. The number of carbonyl (C=O) groups is 2. The summed E-state index contributed by atoms with van der Waals surface area (Å²) < 4.78 is 47.8. The molecule has 0 saturated carbocycles. The van der Waals surface area contributed by atoms with Gasteiger partial charge >= 0.3 is 12.1 Å². The minimum Gasteiger partial charge on any atom is -0.475 e. The summed E-state index contributed by atoms with van der Waals surface area (Å²) in [5, 5.41) is 7.62. The van der Waals surface area contributed by atoms with Crippen LogP contribution in [-0.4, -0.2) is 57.1 Å². The number of carboxylic acid groups (broad SMARTS) is 1. The SMILES string of the molecule is NCC1CCCN(C(=O)c2cc(Cc3c[nH]c(=O)c4cc(Cl)c(Cl)n34)ccc2F)C1.O=C(O)C(F)(F)F. The maximum absolute atomic E-state index is 14.5. The number of halogens is 6. The van der Waals surface area contributed by atoms with E-state index < -0.39 is 18.0 Å². The third-order valence-electron chi connectivity index (χ3n) is 5.82. The van der Waals surface area contributed by atoms with Gasteiger partial charge in [0, 0.05) is 31.4 Å². The van der Waals surface area contributed by atoms with Crippen molar-refractivity contribution in [2.45, 2.75) is 25.4 Å². The fraction of sp³-hybridized carbons (Fsp3) is 0.348. The molecular formula is C23H22Cl2F4N4O4. The normalized spacial score (nSPS) is 15.9. The van der Waals surface area contributed by atoms with Crippen molar-refractivity contribution in [2.24, 2.45) is 11.7 Å². The Labute approximate surface area is 217 Å². The number of aromatic nitrogens is 2. The van der Waals surface area contributed by atoms with Crippen LogP contribution >= 0.6 is 23.2 Å². The molecule has 4 rings (SSSR count). The second-order valence-electron chi connectivity index (χ2n) is 8.40. The molecule has 37 heavy (non-hydrogen) atoms. The summed E-state index contributed by atoms with van der Waals surface area (Å²) >= 11 is 12.4. The quantitative estimate of drug-likeness (QED) is 0.412. The average Bonchev–Trinajstić information content (AvgIpc) is 3.16. The smallest absolute Gasteiger partial charge is 0.475 e. The lowest BCUT2D eigenvalue weighted by Crippen LogP contribution is -2.42. The van der Waals surface area contributed by atoms with Crippen LogP contribution in [-0.2, 0) is 11.2 Å². The lowest BCUT2D eigenvalue weighted by atomic mass is 9.97. The number of amides is 1. The Morgan fingerprint density at radius 3 is 2.51 bits per heavy atom. The Kier molecular flexibility index (Phi) is 8.88. The lowest BCUT2D eigenvalue weighted by molar-refractivity contribution is -0.192. The highest BCUT2D eigenvalue weighted by atomic mass is 35.5. The van der Waals surface area contributed by atoms with Crippen molar-refractivity contribution in [3.05, 3.63) is 73.6 Å². The molecular weight excluding hydrogens is 543 g/mol. The summed E-state index contributed by atoms with van der Waals surface area (Å²) in [5.41, 5.74) is 7.16. The molecule has 3 aromatic rings. The first-order valence-corrected chi connectivity index (χ1v) is 11.7. The Hall–Kier alpha value is -3.09. The number of rotatable bonds is 4. The van der Waals surface area contributed by atoms with E-state index in [0.29, 0.717) is 42.8 Å². The number of nitrogens with zero attached hydrogens (tertiary/aromatic N) is 2. The highest BCUT2D eigenvalue weighted by molar-refractivity contribution is 6.42. The summed E-state index contributed by atoms with van der Waals surface area (Å²) in [6.45, 7) is 1.64. The van der Waals surface area contributed by atoms with Gasteiger partial charge in [-0.3, -0.25) is 14.0 Å². The van der Waals surface area contributed by atoms with Crippen molar-refractivity contribution in [3.8, 4) is 0 Å². The van der Waals surface area contributed by atoms with Gasteiger partial charge in [0.05, 0.1) is 10.6 Å². The standard InChI is InChI=1S/C21H21Cl2FN4O2.C2HF3O2/c22-16-8-18-20(29)26-10-14(28(18)19(16)23)6-12-3-4-17(24)15(7-12)21(30)27-5-1-2-13(9-25)11-27;3-2(4,5)1(6)7/h3-4,7-8,10,13H,1-2,5-6,9,11,25H2,(H,26,29);(H,6,7). The largest absolute Gasteiger partial charge is 0.490 e. The van der Waals surface area contributed by atoms with Crippen LogP contribution in [0.2, 0.25) is 10.2 Å². The second-order valence-corrected chi connectivity index (χ2v) is 9.17. The van der Waals surface area contributed by atoms with Crippen molar-refractivity contribution < 1.29 is 32.3 Å². The maximum Gasteiger partial charge on any atom is 0.490 e. The predicted octanol–water partition coefficient (Wildman–Crippen LogP) is 4.11. The fourth-order valence-corrected chi connectivity index (χ4v) is 4.43. The number of benzene rings is 1. The molecule has 1 atom stereocenters. The molecule has 1 aromatic carbocycles. The molecule has 0 aliphatic carbocycles. The number of piperidine rings is 1. The van der Waals surface area contributed by atoms with Crippen molar-refractivity contribution in [1.29, 1.82) is 0 Å². The Morgan fingerprint density at radius 1 is 1.22 bits per heavy atom. The van der Waals surface area contributed by atoms with Gasteiger partial charge in [0.25, 0.3) is 11.5 Å². The number of fused-ring (bicyclic) bond motifs is 1. The first-order chi connectivity index (χ1) is 17.3. The van der Waals surface area contributed by atoms with Gasteiger partial charge in [0.2, 0.25) is 0 Å². The van der Waals surface area contributed by atoms with Crippen LogP contribution < -0.4 is 11.3 Å². The van der Waals surface area contributed by atoms with E-state index in [2.05, 4.69) is 4.98 Å². The number of likely N-dealkylation sites (tertiary alicyclic amines) is 1. The maximum atomic E-state index is 14.5. The zero-order chi connectivity index (χ0) is 27.5. The first kappa shape index (κ1) is 28.5. The van der Waals surface area contributed by atoms with Crippen LogP contribution in [0.5, 0.6) is 0 Å². The Morgan fingerprint density at radius 2 is 1.89 bits per heavy atom. The van der Waals surface area contributed by atoms with Crippen LogP contribution in [0, 0.1) is 11.7 Å². The number of nitrogens with one attached hydrogen (secondary N) is 1. The average molecular weight is 565 g/mol. The molecule has 0 bridgehead atoms. The van der Waals surface area contributed by atoms with Gasteiger partial charge < -0.3 is 20.7 Å². The number of aliphatic carboxylic acids is 1.